The molecule has 3 atom stereocenters. The van der Waals surface area contributed by atoms with Gasteiger partial charge in [0.1, 0.15) is 0 Å². The number of hydrogen-bond donors (Lipinski definition) is 1. The third-order valence-corrected chi connectivity index (χ3v) is 5.75. The Balaban J connectivity index is 1.58. The second-order valence-corrected chi connectivity index (χ2v) is 7.60. The van der Waals surface area contributed by atoms with Crippen LogP contribution in [0.15, 0.2) is 24.3 Å². The van der Waals surface area contributed by atoms with Gasteiger partial charge >= 0.3 is 0 Å². The molecule has 2 saturated heterocycles. The number of carbonyl (C=O) groups is 1. The lowest BCUT2D eigenvalue weighted by Crippen LogP contribution is -2.48. The van der Waals surface area contributed by atoms with Crippen LogP contribution in [0, 0.1) is 0 Å². The van der Waals surface area contributed by atoms with Crippen molar-refractivity contribution in [1.29, 1.82) is 0 Å². The van der Waals surface area contributed by atoms with E-state index in [0.29, 0.717) is 17.8 Å². The van der Waals surface area contributed by atoms with Gasteiger partial charge in [-0.2, -0.15) is 5.10 Å². The van der Waals surface area contributed by atoms with E-state index >= 15 is 0 Å². The zero-order valence-corrected chi connectivity index (χ0v) is 14.7. The number of nitrogens with zero attached hydrogens (tertiary/aromatic N) is 3. The van der Waals surface area contributed by atoms with Crippen molar-refractivity contribution in [3.63, 3.8) is 0 Å². The number of carbonyl (C=O) groups excluding carboxylic acids is 1. The average Bonchev–Trinajstić information content (AvgIpc) is 3.02. The number of benzene rings is 1. The van der Waals surface area contributed by atoms with E-state index in [1.54, 1.807) is 0 Å². The minimum Gasteiger partial charge on any atom is -0.348 e. The summed E-state index contributed by atoms with van der Waals surface area (Å²) in [4.78, 5) is 15.4. The lowest BCUT2D eigenvalue weighted by Gasteiger charge is -2.36. The molecule has 5 nitrogen and oxygen atoms in total. The van der Waals surface area contributed by atoms with Crippen LogP contribution in [0.5, 0.6) is 0 Å². The van der Waals surface area contributed by atoms with Gasteiger partial charge in [0.15, 0.2) is 5.69 Å². The number of para-hydroxylation sites is 1. The maximum absolute atomic E-state index is 12.9. The Kier molecular flexibility index (Phi) is 3.83. The van der Waals surface area contributed by atoms with Gasteiger partial charge in [-0.3, -0.25) is 9.48 Å². The van der Waals surface area contributed by atoms with Gasteiger partial charge in [-0.15, -0.1) is 0 Å². The third kappa shape index (κ3) is 2.51. The van der Waals surface area contributed by atoms with Gasteiger partial charge in [0, 0.05) is 29.6 Å². The summed E-state index contributed by atoms with van der Waals surface area (Å²) >= 11 is 0. The van der Waals surface area contributed by atoms with Crippen molar-refractivity contribution in [2.75, 3.05) is 7.05 Å². The van der Waals surface area contributed by atoms with E-state index in [4.69, 9.17) is 0 Å². The molecule has 24 heavy (non-hydrogen) atoms. The summed E-state index contributed by atoms with van der Waals surface area (Å²) < 4.78 is 1.95. The van der Waals surface area contributed by atoms with Crippen molar-refractivity contribution < 1.29 is 4.79 Å². The van der Waals surface area contributed by atoms with E-state index in [1.807, 2.05) is 28.9 Å². The molecule has 5 heteroatoms. The number of amides is 1. The molecule has 2 fully saturated rings. The van der Waals surface area contributed by atoms with Crippen molar-refractivity contribution in [1.82, 2.24) is 20.0 Å². The van der Waals surface area contributed by atoms with E-state index < -0.39 is 0 Å². The van der Waals surface area contributed by atoms with Gasteiger partial charge in [-0.1, -0.05) is 18.2 Å². The number of fused-ring (bicyclic) bond motifs is 3. The van der Waals surface area contributed by atoms with Crippen molar-refractivity contribution in [3.05, 3.63) is 30.0 Å². The zero-order valence-electron chi connectivity index (χ0n) is 14.7. The van der Waals surface area contributed by atoms with Crippen LogP contribution in [0.2, 0.25) is 0 Å². The highest BCUT2D eigenvalue weighted by Gasteiger charge is 2.39. The molecule has 128 valence electrons. The molecule has 2 aliphatic heterocycles. The molecular weight excluding hydrogens is 300 g/mol. The first kappa shape index (κ1) is 15.6. The fourth-order valence-corrected chi connectivity index (χ4v) is 4.43. The van der Waals surface area contributed by atoms with Crippen LogP contribution in [0.3, 0.4) is 0 Å². The van der Waals surface area contributed by atoms with Crippen molar-refractivity contribution in [2.45, 2.75) is 63.7 Å². The van der Waals surface area contributed by atoms with Crippen LogP contribution in [0.25, 0.3) is 10.9 Å². The summed E-state index contributed by atoms with van der Waals surface area (Å²) in [6, 6.07) is 9.76. The molecule has 1 unspecified atom stereocenters. The normalized spacial score (nSPS) is 27.1. The Morgan fingerprint density at radius 1 is 1.21 bits per heavy atom. The quantitative estimate of drug-likeness (QED) is 0.943. The number of nitrogens with one attached hydrogen (secondary N) is 1. The Hall–Kier alpha value is -1.88. The highest BCUT2D eigenvalue weighted by Crippen LogP contribution is 2.34. The fraction of sp³-hybridized carbons (Fsp3) is 0.579. The van der Waals surface area contributed by atoms with Crippen molar-refractivity contribution in [2.24, 2.45) is 0 Å². The molecule has 0 aliphatic carbocycles. The Morgan fingerprint density at radius 3 is 2.54 bits per heavy atom. The van der Waals surface area contributed by atoms with Crippen molar-refractivity contribution in [3.8, 4) is 0 Å². The molecule has 2 aromatic rings. The summed E-state index contributed by atoms with van der Waals surface area (Å²) in [6.07, 6.45) is 4.64. The molecule has 0 radical (unpaired) electrons. The van der Waals surface area contributed by atoms with Gasteiger partial charge in [-0.25, -0.2) is 0 Å². The third-order valence-electron chi connectivity index (χ3n) is 5.75. The van der Waals surface area contributed by atoms with Crippen LogP contribution >= 0.6 is 0 Å². The van der Waals surface area contributed by atoms with Gasteiger partial charge < -0.3 is 10.2 Å². The smallest absolute Gasteiger partial charge is 0.272 e. The Bertz CT molecular complexity index is 752. The highest BCUT2D eigenvalue weighted by molar-refractivity contribution is 6.05. The molecule has 4 rings (SSSR count). The maximum Gasteiger partial charge on any atom is 0.272 e. The molecule has 1 N–H and O–H groups in total. The number of hydrogen-bond acceptors (Lipinski definition) is 3. The zero-order chi connectivity index (χ0) is 16.8. The predicted molar refractivity (Wildman–Crippen MR) is 95.2 cm³/mol. The lowest BCUT2D eigenvalue weighted by atomic mass is 9.98. The average molecular weight is 326 g/mol. The topological polar surface area (TPSA) is 50.2 Å². The standard InChI is InChI=1S/C19H26N4O/c1-12(2)23-17-7-5-4-6-16(17)18(21-23)19(24)20-13-10-14-8-9-15(11-13)22(14)3/h4-7,12-15H,8-11H2,1-3H3,(H,20,24)/t13?,14-,15+. The number of aromatic nitrogens is 2. The Morgan fingerprint density at radius 2 is 1.88 bits per heavy atom. The molecule has 3 heterocycles. The number of rotatable bonds is 3. The van der Waals surface area contributed by atoms with Crippen LogP contribution < -0.4 is 5.32 Å². The van der Waals surface area contributed by atoms with E-state index in [1.165, 1.54) is 12.8 Å². The summed E-state index contributed by atoms with van der Waals surface area (Å²) in [5.41, 5.74) is 1.59. The van der Waals surface area contributed by atoms with Crippen LogP contribution in [0.4, 0.5) is 0 Å². The molecule has 1 aromatic heterocycles. The van der Waals surface area contributed by atoms with E-state index in [2.05, 4.69) is 36.2 Å². The first-order valence-corrected chi connectivity index (χ1v) is 9.04. The molecule has 0 spiro atoms. The molecule has 1 amide bonds. The molecular formula is C19H26N4O. The second-order valence-electron chi connectivity index (χ2n) is 7.60. The molecule has 0 saturated carbocycles. The first-order chi connectivity index (χ1) is 11.5. The molecule has 2 bridgehead atoms. The van der Waals surface area contributed by atoms with Gasteiger partial charge in [0.2, 0.25) is 0 Å². The van der Waals surface area contributed by atoms with Crippen LogP contribution in [0.1, 0.15) is 56.1 Å². The maximum atomic E-state index is 12.9. The lowest BCUT2D eigenvalue weighted by molar-refractivity contribution is 0.0878. The summed E-state index contributed by atoms with van der Waals surface area (Å²) in [5, 5.41) is 8.82. The van der Waals surface area contributed by atoms with Crippen LogP contribution in [-0.4, -0.2) is 45.8 Å². The monoisotopic (exact) mass is 326 g/mol. The summed E-state index contributed by atoms with van der Waals surface area (Å²) in [6.45, 7) is 4.19. The molecule has 1 aromatic carbocycles. The predicted octanol–water partition coefficient (Wildman–Crippen LogP) is 2.97. The van der Waals surface area contributed by atoms with Gasteiger partial charge in [0.25, 0.3) is 5.91 Å². The minimum absolute atomic E-state index is 0.0282. The van der Waals surface area contributed by atoms with Gasteiger partial charge in [-0.05, 0) is 52.6 Å². The minimum atomic E-state index is -0.0282. The van der Waals surface area contributed by atoms with Crippen molar-refractivity contribution >= 4 is 16.8 Å². The summed E-state index contributed by atoms with van der Waals surface area (Å²) in [7, 11) is 2.22. The van der Waals surface area contributed by atoms with Gasteiger partial charge in [0.05, 0.1) is 5.52 Å². The van der Waals surface area contributed by atoms with E-state index in [0.717, 1.165) is 23.7 Å². The first-order valence-electron chi connectivity index (χ1n) is 9.04. The Labute approximate surface area is 143 Å². The highest BCUT2D eigenvalue weighted by atomic mass is 16.2. The SMILES string of the molecule is CC(C)n1nc(C(=O)NC2C[C@H]3CC[C@@H](C2)N3C)c2ccccc21. The summed E-state index contributed by atoms with van der Waals surface area (Å²) in [5.74, 6) is -0.0282. The fourth-order valence-electron chi connectivity index (χ4n) is 4.43. The van der Waals surface area contributed by atoms with E-state index in [9.17, 15) is 4.79 Å². The second kappa shape index (κ2) is 5.88. The molecule has 2 aliphatic rings. The van der Waals surface area contributed by atoms with E-state index in [-0.39, 0.29) is 18.0 Å². The largest absolute Gasteiger partial charge is 0.348 e. The van der Waals surface area contributed by atoms with Crippen LogP contribution in [-0.2, 0) is 0 Å². The number of piperidine rings is 1.